The number of benzene rings is 1. The van der Waals surface area contributed by atoms with Gasteiger partial charge >= 0.3 is 6.18 Å². The summed E-state index contributed by atoms with van der Waals surface area (Å²) in [5.74, 6) is 0. The average Bonchev–Trinajstić information content (AvgIpc) is 2.17. The Morgan fingerprint density at radius 3 is 2.13 bits per heavy atom. The fourth-order valence-electron chi connectivity index (χ4n) is 1.04. The van der Waals surface area contributed by atoms with Crippen molar-refractivity contribution in [1.29, 1.82) is 5.41 Å². The van der Waals surface area contributed by atoms with Gasteiger partial charge in [-0.25, -0.2) is 0 Å². The van der Waals surface area contributed by atoms with Gasteiger partial charge < -0.3 is 11.1 Å². The van der Waals surface area contributed by atoms with Crippen molar-refractivity contribution in [3.63, 3.8) is 0 Å². The maximum absolute atomic E-state index is 12.2. The minimum Gasteiger partial charge on any atom is -0.398 e. The van der Waals surface area contributed by atoms with Gasteiger partial charge in [-0.1, -0.05) is 12.1 Å². The molecular weight excluding hydrogens is 205 g/mol. The van der Waals surface area contributed by atoms with Crippen molar-refractivity contribution in [2.24, 2.45) is 5.73 Å². The Labute approximate surface area is 84.7 Å². The lowest BCUT2D eigenvalue weighted by atomic mass is 10.1. The number of allylic oxidation sites excluding steroid dienone is 1. The van der Waals surface area contributed by atoms with Crippen molar-refractivity contribution in [2.45, 2.75) is 6.18 Å². The fourth-order valence-corrected chi connectivity index (χ4v) is 1.04. The molecule has 0 heterocycles. The van der Waals surface area contributed by atoms with E-state index in [-0.39, 0.29) is 5.70 Å². The molecule has 0 unspecified atom stereocenters. The van der Waals surface area contributed by atoms with Gasteiger partial charge in [-0.2, -0.15) is 13.2 Å². The molecule has 15 heavy (non-hydrogen) atoms. The van der Waals surface area contributed by atoms with Crippen LogP contribution in [0.25, 0.3) is 5.70 Å². The van der Waals surface area contributed by atoms with Gasteiger partial charge in [-0.05, 0) is 23.8 Å². The highest BCUT2D eigenvalue weighted by atomic mass is 19.4. The molecule has 0 bridgehead atoms. The zero-order valence-corrected chi connectivity index (χ0v) is 7.68. The smallest absolute Gasteiger partial charge is 0.398 e. The van der Waals surface area contributed by atoms with Gasteiger partial charge in [0.1, 0.15) is 0 Å². The molecule has 1 aromatic carbocycles. The first-order valence-electron chi connectivity index (χ1n) is 4.09. The molecule has 0 radical (unpaired) electrons. The zero-order valence-electron chi connectivity index (χ0n) is 7.68. The van der Waals surface area contributed by atoms with Crippen LogP contribution in [0.3, 0.4) is 0 Å². The number of alkyl halides is 3. The summed E-state index contributed by atoms with van der Waals surface area (Å²) >= 11 is 0. The molecule has 0 saturated carbocycles. The normalized spacial score (nSPS) is 12.6. The Bertz CT molecular complexity index is 377. The molecule has 0 spiro atoms. The van der Waals surface area contributed by atoms with Gasteiger partial charge in [-0.15, -0.1) is 0 Å². The number of hydrogen-bond donors (Lipinski definition) is 2. The van der Waals surface area contributed by atoms with Crippen molar-refractivity contribution in [2.75, 3.05) is 0 Å². The first-order valence-corrected chi connectivity index (χ1v) is 4.09. The second-order valence-corrected chi connectivity index (χ2v) is 2.86. The first-order chi connectivity index (χ1) is 6.95. The summed E-state index contributed by atoms with van der Waals surface area (Å²) in [7, 11) is 0. The van der Waals surface area contributed by atoms with Crippen LogP contribution < -0.4 is 5.73 Å². The molecule has 0 aliphatic heterocycles. The quantitative estimate of drug-likeness (QED) is 0.730. The van der Waals surface area contributed by atoms with Gasteiger partial charge in [0.25, 0.3) is 0 Å². The van der Waals surface area contributed by atoms with Crippen molar-refractivity contribution in [3.8, 4) is 0 Å². The first kappa shape index (κ1) is 11.3. The second-order valence-electron chi connectivity index (χ2n) is 2.86. The Hall–Kier alpha value is -1.78. The second kappa shape index (κ2) is 4.16. The molecule has 5 heteroatoms. The molecule has 0 aliphatic carbocycles. The molecule has 80 valence electrons. The highest BCUT2D eigenvalue weighted by molar-refractivity contribution is 5.81. The van der Waals surface area contributed by atoms with E-state index >= 15 is 0 Å². The molecule has 0 aliphatic rings. The molecule has 3 N–H and O–H groups in total. The molecule has 0 fully saturated rings. The molecular formula is C10H9F3N2. The van der Waals surface area contributed by atoms with Crippen LogP contribution in [0.2, 0.25) is 0 Å². The number of rotatable bonds is 2. The number of halogens is 3. The average molecular weight is 214 g/mol. The van der Waals surface area contributed by atoms with Crippen molar-refractivity contribution in [3.05, 3.63) is 41.5 Å². The predicted molar refractivity (Wildman–Crippen MR) is 52.4 cm³/mol. The molecule has 1 rings (SSSR count). The van der Waals surface area contributed by atoms with E-state index in [9.17, 15) is 13.2 Å². The minimum atomic E-state index is -4.33. The van der Waals surface area contributed by atoms with Crippen LogP contribution in [0, 0.1) is 5.41 Å². The zero-order chi connectivity index (χ0) is 11.5. The minimum absolute atomic E-state index is 0.263. The lowest BCUT2D eigenvalue weighted by Crippen LogP contribution is -2.05. The third-order valence-electron chi connectivity index (χ3n) is 1.81. The van der Waals surface area contributed by atoms with Gasteiger partial charge in [0, 0.05) is 11.9 Å². The third-order valence-corrected chi connectivity index (χ3v) is 1.81. The van der Waals surface area contributed by atoms with E-state index in [1.54, 1.807) is 0 Å². The van der Waals surface area contributed by atoms with E-state index in [1.807, 2.05) is 0 Å². The van der Waals surface area contributed by atoms with Gasteiger partial charge in [0.2, 0.25) is 0 Å². The highest BCUT2D eigenvalue weighted by Crippen LogP contribution is 2.29. The molecule has 0 aromatic heterocycles. The lowest BCUT2D eigenvalue weighted by molar-refractivity contribution is -0.137. The monoisotopic (exact) mass is 214 g/mol. The standard InChI is InChI=1S/C10H9F3N2/c11-10(12,13)8-3-1-7(2-4-8)9(15)5-6-14/h1-6,14H,15H2. The van der Waals surface area contributed by atoms with Crippen LogP contribution in [-0.4, -0.2) is 6.21 Å². The maximum atomic E-state index is 12.2. The molecule has 0 atom stereocenters. The number of hydrogen-bond acceptors (Lipinski definition) is 2. The molecule has 2 nitrogen and oxygen atoms in total. The van der Waals surface area contributed by atoms with Crippen molar-refractivity contribution < 1.29 is 13.2 Å². The van der Waals surface area contributed by atoms with E-state index in [2.05, 4.69) is 0 Å². The molecule has 0 saturated heterocycles. The Morgan fingerprint density at radius 2 is 1.73 bits per heavy atom. The largest absolute Gasteiger partial charge is 0.416 e. The van der Waals surface area contributed by atoms with E-state index < -0.39 is 11.7 Å². The summed E-state index contributed by atoms with van der Waals surface area (Å²) in [6, 6.07) is 4.47. The van der Waals surface area contributed by atoms with Crippen LogP contribution in [0.4, 0.5) is 13.2 Å². The lowest BCUT2D eigenvalue weighted by Gasteiger charge is -2.07. The van der Waals surface area contributed by atoms with Crippen LogP contribution >= 0.6 is 0 Å². The maximum Gasteiger partial charge on any atom is 0.416 e. The predicted octanol–water partition coefficient (Wildman–Crippen LogP) is 2.65. The molecule has 1 aromatic rings. The summed E-state index contributed by atoms with van der Waals surface area (Å²) in [5.41, 5.74) is 5.51. The van der Waals surface area contributed by atoms with E-state index in [0.29, 0.717) is 5.56 Å². The van der Waals surface area contributed by atoms with E-state index in [4.69, 9.17) is 11.1 Å². The van der Waals surface area contributed by atoms with Crippen LogP contribution in [0.15, 0.2) is 30.3 Å². The highest BCUT2D eigenvalue weighted by Gasteiger charge is 2.29. The van der Waals surface area contributed by atoms with Crippen molar-refractivity contribution >= 4 is 11.9 Å². The van der Waals surface area contributed by atoms with Gasteiger partial charge in [0.05, 0.1) is 5.56 Å². The van der Waals surface area contributed by atoms with E-state index in [0.717, 1.165) is 18.3 Å². The van der Waals surface area contributed by atoms with Gasteiger partial charge in [-0.3, -0.25) is 0 Å². The summed E-state index contributed by atoms with van der Waals surface area (Å²) < 4.78 is 36.6. The topological polar surface area (TPSA) is 49.9 Å². The third kappa shape index (κ3) is 2.83. The summed E-state index contributed by atoms with van der Waals surface area (Å²) in [6.07, 6.45) is -2.05. The SMILES string of the molecule is N=CC=C(N)c1ccc(C(F)(F)F)cc1. The Morgan fingerprint density at radius 1 is 1.20 bits per heavy atom. The Balaban J connectivity index is 3.00. The number of nitrogens with two attached hydrogens (primary N) is 1. The van der Waals surface area contributed by atoms with Crippen LogP contribution in [0.5, 0.6) is 0 Å². The van der Waals surface area contributed by atoms with E-state index in [1.165, 1.54) is 18.2 Å². The summed E-state index contributed by atoms with van der Waals surface area (Å²) in [6.45, 7) is 0. The van der Waals surface area contributed by atoms with Crippen LogP contribution in [0.1, 0.15) is 11.1 Å². The van der Waals surface area contributed by atoms with Crippen LogP contribution in [-0.2, 0) is 6.18 Å². The molecule has 0 amide bonds. The number of nitrogens with one attached hydrogen (secondary N) is 1. The van der Waals surface area contributed by atoms with Crippen molar-refractivity contribution in [1.82, 2.24) is 0 Å². The fraction of sp³-hybridized carbons (Fsp3) is 0.100. The summed E-state index contributed by atoms with van der Waals surface area (Å²) in [5, 5.41) is 6.76. The Kier molecular flexibility index (Phi) is 3.14. The summed E-state index contributed by atoms with van der Waals surface area (Å²) in [4.78, 5) is 0. The van der Waals surface area contributed by atoms with Gasteiger partial charge in [0.15, 0.2) is 0 Å².